The molecule has 114 heavy (non-hydrogen) atoms. The summed E-state index contributed by atoms with van der Waals surface area (Å²) in [6.07, 6.45) is -11.5. The lowest BCUT2D eigenvalue weighted by Gasteiger charge is -2.47. The van der Waals surface area contributed by atoms with Crippen molar-refractivity contribution in [1.82, 2.24) is 45.7 Å². The van der Waals surface area contributed by atoms with Crippen LogP contribution in [0, 0.1) is 47.1 Å². The average Bonchev–Trinajstić information content (AvgIpc) is 1.50. The van der Waals surface area contributed by atoms with Crippen LogP contribution in [0.2, 0.25) is 0 Å². The highest BCUT2D eigenvalue weighted by Crippen LogP contribution is 2.47. The number of ketones is 1. The first-order chi connectivity index (χ1) is 53.3. The van der Waals surface area contributed by atoms with Gasteiger partial charge in [0.15, 0.2) is 5.78 Å². The number of methoxy groups -OCH3 is 2. The summed E-state index contributed by atoms with van der Waals surface area (Å²) >= 11 is 0. The van der Waals surface area contributed by atoms with Gasteiger partial charge in [-0.2, -0.15) is 40.2 Å². The highest BCUT2D eigenvalue weighted by molar-refractivity contribution is 7.46. The number of piperazine rings is 1. The van der Waals surface area contributed by atoms with Crippen molar-refractivity contribution < 1.29 is 120 Å². The zero-order chi connectivity index (χ0) is 83.7. The standard InChI is InChI=1S/C76H84F10N11O16P/c1-42-26-49(32-61(99)89-50-19-16-44(17-20-50)18-23-62(100)101)64(59(27-42)113-114(106,107)108)72(2,3)33-63(102)112-60(39-95(93-67(103)66(91-71(105)110-9)74(6,7)76(84,85)86)38-54-55(77)29-47(30-56(54)78)57-24-25-96(92-57)68(79)80)48(31-58(98)65(90-70(104)109-8)73(4,5)75(81,82)83)28-45-13-10-43(11-14-45)12-15-46-34-87-69(88-35-46)94-36-51-21-22-52(37-94)97(51)53-40-111-41-53/h10-11,13-14,16-20,23-27,29-30,34-35,48,51-53,60,65-66,68H,21-22,28,31-33,36-41H2,1-9H3,(H,89,99)(H,90,104)(H,91,105)(H,93,103)(H,100,101)(H2,106,107,108)/b23-18+/t48-,51?,52?,60+,65-,66-/m1/s1. The Morgan fingerprint density at radius 3 is 1.89 bits per heavy atom. The molecule has 3 aliphatic rings. The summed E-state index contributed by atoms with van der Waals surface area (Å²) in [7, 11) is -4.06. The molecule has 0 spiro atoms. The van der Waals surface area contributed by atoms with Crippen molar-refractivity contribution in [3.63, 3.8) is 0 Å². The van der Waals surface area contributed by atoms with Gasteiger partial charge in [-0.1, -0.05) is 56.0 Å². The lowest BCUT2D eigenvalue weighted by molar-refractivity contribution is -0.221. The van der Waals surface area contributed by atoms with Crippen molar-refractivity contribution in [2.24, 2.45) is 16.7 Å². The van der Waals surface area contributed by atoms with Gasteiger partial charge in [0.25, 0.3) is 5.91 Å². The molecule has 9 rings (SSSR count). The van der Waals surface area contributed by atoms with E-state index in [2.05, 4.69) is 56.9 Å². The second-order valence-corrected chi connectivity index (χ2v) is 30.7. The Morgan fingerprint density at radius 1 is 0.772 bits per heavy atom. The lowest BCUT2D eigenvalue weighted by atomic mass is 9.77. The van der Waals surface area contributed by atoms with Gasteiger partial charge in [-0.25, -0.2) is 47.4 Å². The Kier molecular flexibility index (Phi) is 27.5. The quantitative estimate of drug-likeness (QED) is 0.00404. The number of alkyl carbamates (subject to hydrolysis) is 2. The number of ether oxygens (including phenoxy) is 4. The van der Waals surface area contributed by atoms with Crippen LogP contribution in [-0.2, 0) is 72.3 Å². The summed E-state index contributed by atoms with van der Waals surface area (Å²) in [6.45, 7) is 3.10. The molecule has 6 aromatic rings. The molecule has 3 saturated heterocycles. The number of benzene rings is 4. The lowest BCUT2D eigenvalue weighted by Crippen LogP contribution is -2.62. The molecular formula is C76H84F10N11O16P. The summed E-state index contributed by atoms with van der Waals surface area (Å²) in [6, 6.07) is 12.0. The van der Waals surface area contributed by atoms with Gasteiger partial charge in [0.1, 0.15) is 35.6 Å². The van der Waals surface area contributed by atoms with E-state index in [1.807, 2.05) is 5.32 Å². The zero-order valence-electron chi connectivity index (χ0n) is 63.0. The minimum absolute atomic E-state index is 0.0413. The number of carboxylic acid groups (broad SMARTS) is 1. The number of aromatic nitrogens is 4. The third kappa shape index (κ3) is 22.1. The molecule has 0 radical (unpaired) electrons. The summed E-state index contributed by atoms with van der Waals surface area (Å²) < 4.78 is 192. The van der Waals surface area contributed by atoms with E-state index >= 15 is 44.7 Å². The van der Waals surface area contributed by atoms with Gasteiger partial charge in [0.05, 0.1) is 74.9 Å². The number of aryl methyl sites for hydroxylation is 1. The number of phosphoric ester groups is 1. The van der Waals surface area contributed by atoms with Crippen LogP contribution in [0.5, 0.6) is 5.75 Å². The van der Waals surface area contributed by atoms with Gasteiger partial charge in [-0.3, -0.25) is 39.3 Å². The fraction of sp³-hybridized carbons (Fsp3) is 0.447. The van der Waals surface area contributed by atoms with E-state index in [1.165, 1.54) is 81.4 Å². The van der Waals surface area contributed by atoms with Crippen molar-refractivity contribution in [3.05, 3.63) is 160 Å². The number of hydrogen-bond acceptors (Lipinski definition) is 19. The van der Waals surface area contributed by atoms with Gasteiger partial charge < -0.3 is 49.4 Å². The number of carbonyl (C=O) groups is 7. The van der Waals surface area contributed by atoms with E-state index in [0.29, 0.717) is 112 Å². The molecule has 2 bridgehead atoms. The molecule has 6 atom stereocenters. The van der Waals surface area contributed by atoms with Gasteiger partial charge in [0.2, 0.25) is 11.9 Å². The van der Waals surface area contributed by atoms with Crippen molar-refractivity contribution >= 4 is 67.3 Å². The maximum atomic E-state index is 16.9. The maximum absolute atomic E-state index is 16.9. The largest absolute Gasteiger partial charge is 0.524 e. The number of halogens is 10. The molecule has 0 saturated carbocycles. The minimum atomic E-state index is -5.57. The van der Waals surface area contributed by atoms with Crippen LogP contribution in [-0.4, -0.2) is 182 Å². The molecule has 5 heterocycles. The van der Waals surface area contributed by atoms with Crippen molar-refractivity contribution in [1.29, 1.82) is 0 Å². The van der Waals surface area contributed by atoms with Crippen molar-refractivity contribution in [2.45, 2.75) is 154 Å². The Hall–Kier alpha value is -10.5. The van der Waals surface area contributed by atoms with Crippen molar-refractivity contribution in [2.75, 3.05) is 57.3 Å². The summed E-state index contributed by atoms with van der Waals surface area (Å²) in [4.78, 5) is 131. The normalized spacial score (nSPS) is 16.7. The number of anilines is 2. The van der Waals surface area contributed by atoms with E-state index in [9.17, 15) is 47.1 Å². The zero-order valence-corrected chi connectivity index (χ0v) is 63.9. The molecule has 2 unspecified atom stereocenters. The molecule has 38 heteroatoms. The van der Waals surface area contributed by atoms with Crippen LogP contribution in [0.3, 0.4) is 0 Å². The Labute approximate surface area is 647 Å². The number of hydrogen-bond donors (Lipinski definition) is 7. The Morgan fingerprint density at radius 2 is 1.35 bits per heavy atom. The number of rotatable bonds is 31. The number of amides is 4. The summed E-state index contributed by atoms with van der Waals surface area (Å²) in [5.74, 6) is -5.79. The number of aliphatic carboxylic acids is 1. The molecule has 4 amide bonds. The second-order valence-electron chi connectivity index (χ2n) is 29.6. The molecule has 0 aliphatic carbocycles. The predicted octanol–water partition coefficient (Wildman–Crippen LogP) is 11.1. The number of fused-ring (bicyclic) bond motifs is 2. The van der Waals surface area contributed by atoms with E-state index in [-0.39, 0.29) is 32.6 Å². The first-order valence-electron chi connectivity index (χ1n) is 35.5. The fourth-order valence-corrected chi connectivity index (χ4v) is 14.2. The first kappa shape index (κ1) is 87.5. The molecular weight excluding hydrogens is 1540 g/mol. The van der Waals surface area contributed by atoms with E-state index in [0.717, 1.165) is 51.5 Å². The monoisotopic (exact) mass is 1630 g/mol. The average molecular weight is 1630 g/mol. The van der Waals surface area contributed by atoms with Crippen LogP contribution in [0.25, 0.3) is 17.3 Å². The summed E-state index contributed by atoms with van der Waals surface area (Å²) in [5, 5.41) is 19.6. The number of Topliss-reactive ketones (excluding diaryl/α,β-unsaturated/α-hetero) is 1. The van der Waals surface area contributed by atoms with Gasteiger partial charge in [-0.05, 0) is 131 Å². The van der Waals surface area contributed by atoms with Crippen molar-refractivity contribution in [3.8, 4) is 28.8 Å². The second kappa shape index (κ2) is 35.9. The van der Waals surface area contributed by atoms with E-state index < -0.39 is 182 Å². The highest BCUT2D eigenvalue weighted by atomic mass is 31.2. The number of esters is 1. The van der Waals surface area contributed by atoms with Gasteiger partial charge in [-0.15, -0.1) is 0 Å². The molecule has 2 aromatic heterocycles. The highest BCUT2D eigenvalue weighted by Gasteiger charge is 2.58. The topological polar surface area (TPSA) is 345 Å². The van der Waals surface area contributed by atoms with Crippen LogP contribution < -0.4 is 30.8 Å². The maximum Gasteiger partial charge on any atom is 0.524 e. The first-order valence-corrected chi connectivity index (χ1v) is 37.0. The molecule has 614 valence electrons. The predicted molar refractivity (Wildman–Crippen MR) is 389 cm³/mol. The Bertz CT molecular complexity index is 4620. The number of phosphoric acid groups is 1. The Balaban J connectivity index is 1.16. The van der Waals surface area contributed by atoms with Crippen LogP contribution in [0.15, 0.2) is 104 Å². The molecule has 7 N–H and O–H groups in total. The number of carboxylic acids is 1. The number of carbonyl (C=O) groups excluding carboxylic acids is 6. The fourth-order valence-electron chi connectivity index (χ4n) is 13.8. The summed E-state index contributed by atoms with van der Waals surface area (Å²) in [5.41, 5.74) is -6.79. The number of nitrogens with one attached hydrogen (secondary N) is 4. The van der Waals surface area contributed by atoms with Crippen LogP contribution in [0.1, 0.15) is 118 Å². The smallest absolute Gasteiger partial charge is 0.478 e. The SMILES string of the molecule is COC(=O)N[C@H](C(=O)C[C@@H](Cc1ccc(C#Cc2cnc(N3CC4CCC(C3)N4C3COC3)nc2)cc1)[C@H](CN(Cc1c(F)cc(-c2ccn(C(F)F)n2)cc1F)NC(=O)[C@@H](NC(=O)OC)C(C)(C)C(F)(F)F)OC(=O)CC(C)(C)c1c(CC(=O)Nc2ccc(/C=C/C(=O)O)cc2)cc(C)cc1OP(=O)(O)O)C(C)(C)C(F)(F)F. The molecule has 27 nitrogen and oxygen atoms in total. The minimum Gasteiger partial charge on any atom is -0.478 e. The number of alkyl halides is 8. The molecule has 4 aromatic carbocycles. The number of nitrogens with zero attached hydrogens (tertiary/aromatic N) is 7. The third-order valence-electron chi connectivity index (χ3n) is 20.0. The third-order valence-corrected chi connectivity index (χ3v) is 20.4. The van der Waals surface area contributed by atoms with Crippen LogP contribution in [0.4, 0.5) is 65.1 Å². The van der Waals surface area contributed by atoms with Gasteiger partial charge in [0, 0.05) is 102 Å². The van der Waals surface area contributed by atoms with Gasteiger partial charge >= 0.3 is 50.8 Å². The van der Waals surface area contributed by atoms with E-state index in [4.69, 9.17) is 19.1 Å². The number of hydrazine groups is 1. The molecule has 3 aliphatic heterocycles. The molecule has 3 fully saturated rings. The van der Waals surface area contributed by atoms with Crippen LogP contribution >= 0.6 is 7.82 Å². The van der Waals surface area contributed by atoms with E-state index in [1.54, 1.807) is 17.7 Å².